The number of aryl methyl sites for hydroxylation is 1. The normalized spacial score (nSPS) is 12.0. The Morgan fingerprint density at radius 3 is 2.43 bits per heavy atom. The van der Waals surface area contributed by atoms with Crippen LogP contribution in [-0.4, -0.2) is 25.9 Å². The van der Waals surface area contributed by atoms with E-state index in [-0.39, 0.29) is 20.9 Å². The van der Waals surface area contributed by atoms with Crippen LogP contribution in [0.3, 0.4) is 0 Å². The standard InChI is InChI=1S/C20H15F3O5S2/c1-12-5-2-3-8-17(12)30(26,27)11-14-10-16(29-18(14)19(24)25)13-6-4-7-15(9-13)28-20(21,22)23/h2-10H,11H2,1H3,(H,24,25). The summed E-state index contributed by atoms with van der Waals surface area (Å²) >= 11 is 0.787. The lowest BCUT2D eigenvalue weighted by Gasteiger charge is -2.09. The highest BCUT2D eigenvalue weighted by Gasteiger charge is 2.31. The Kier molecular flexibility index (Phi) is 5.91. The molecule has 3 rings (SSSR count). The molecule has 0 radical (unpaired) electrons. The molecule has 0 aliphatic carbocycles. The molecule has 0 bridgehead atoms. The predicted octanol–water partition coefficient (Wildman–Crippen LogP) is 5.29. The summed E-state index contributed by atoms with van der Waals surface area (Å²) in [5.41, 5.74) is 0.874. The van der Waals surface area contributed by atoms with Gasteiger partial charge in [-0.2, -0.15) is 0 Å². The quantitative estimate of drug-likeness (QED) is 0.545. The summed E-state index contributed by atoms with van der Waals surface area (Å²) in [6.07, 6.45) is -4.87. The van der Waals surface area contributed by atoms with E-state index < -0.39 is 33.7 Å². The zero-order valence-electron chi connectivity index (χ0n) is 15.4. The van der Waals surface area contributed by atoms with Gasteiger partial charge in [0.1, 0.15) is 10.6 Å². The van der Waals surface area contributed by atoms with Crippen LogP contribution < -0.4 is 4.74 Å². The second-order valence-corrected chi connectivity index (χ2v) is 9.38. The number of carbonyl (C=O) groups is 1. The van der Waals surface area contributed by atoms with Crippen LogP contribution in [0.5, 0.6) is 5.75 Å². The predicted molar refractivity (Wildman–Crippen MR) is 105 cm³/mol. The van der Waals surface area contributed by atoms with Crippen molar-refractivity contribution in [3.8, 4) is 16.2 Å². The van der Waals surface area contributed by atoms with Crippen molar-refractivity contribution in [1.82, 2.24) is 0 Å². The van der Waals surface area contributed by atoms with Crippen LogP contribution in [0.15, 0.2) is 59.5 Å². The number of sulfone groups is 1. The van der Waals surface area contributed by atoms with E-state index in [9.17, 15) is 31.5 Å². The van der Waals surface area contributed by atoms with Crippen molar-refractivity contribution in [2.75, 3.05) is 0 Å². The average Bonchev–Trinajstić information content (AvgIpc) is 3.04. The number of carboxylic acids is 1. The second kappa shape index (κ2) is 8.11. The Bertz CT molecular complexity index is 1200. The van der Waals surface area contributed by atoms with Crippen LogP contribution in [-0.2, 0) is 15.6 Å². The van der Waals surface area contributed by atoms with Gasteiger partial charge in [-0.3, -0.25) is 0 Å². The zero-order chi connectivity index (χ0) is 22.1. The van der Waals surface area contributed by atoms with Crippen molar-refractivity contribution in [1.29, 1.82) is 0 Å². The monoisotopic (exact) mass is 456 g/mol. The lowest BCUT2D eigenvalue weighted by Crippen LogP contribution is -2.17. The fourth-order valence-corrected chi connectivity index (χ4v) is 5.64. The molecule has 1 heterocycles. The number of rotatable bonds is 6. The topological polar surface area (TPSA) is 80.7 Å². The highest BCUT2D eigenvalue weighted by Crippen LogP contribution is 2.36. The molecule has 3 aromatic rings. The summed E-state index contributed by atoms with van der Waals surface area (Å²) in [5.74, 6) is -2.32. The van der Waals surface area contributed by atoms with Gasteiger partial charge in [-0.15, -0.1) is 24.5 Å². The summed E-state index contributed by atoms with van der Waals surface area (Å²) in [6, 6.07) is 12.8. The van der Waals surface area contributed by atoms with E-state index in [2.05, 4.69) is 4.74 Å². The van der Waals surface area contributed by atoms with Crippen LogP contribution >= 0.6 is 11.3 Å². The highest BCUT2D eigenvalue weighted by atomic mass is 32.2. The molecule has 0 saturated carbocycles. The van der Waals surface area contributed by atoms with E-state index in [0.29, 0.717) is 10.4 Å². The largest absolute Gasteiger partial charge is 0.573 e. The van der Waals surface area contributed by atoms with E-state index in [0.717, 1.165) is 23.5 Å². The van der Waals surface area contributed by atoms with Crippen molar-refractivity contribution in [2.24, 2.45) is 0 Å². The van der Waals surface area contributed by atoms with Gasteiger partial charge in [0.05, 0.1) is 10.6 Å². The summed E-state index contributed by atoms with van der Waals surface area (Å²) < 4.78 is 66.9. The van der Waals surface area contributed by atoms with Gasteiger partial charge in [-0.05, 0) is 47.9 Å². The van der Waals surface area contributed by atoms with Crippen LogP contribution in [0.2, 0.25) is 0 Å². The fraction of sp³-hybridized carbons (Fsp3) is 0.150. The SMILES string of the molecule is Cc1ccccc1S(=O)(=O)Cc1cc(-c2cccc(OC(F)(F)F)c2)sc1C(=O)O. The summed E-state index contributed by atoms with van der Waals surface area (Å²) in [7, 11) is -3.83. The molecule has 0 unspecified atom stereocenters. The van der Waals surface area contributed by atoms with E-state index in [1.54, 1.807) is 25.1 Å². The van der Waals surface area contributed by atoms with Crippen LogP contribution in [0.25, 0.3) is 10.4 Å². The van der Waals surface area contributed by atoms with E-state index in [1.165, 1.54) is 24.3 Å². The van der Waals surface area contributed by atoms with Gasteiger partial charge in [0.25, 0.3) is 0 Å². The minimum atomic E-state index is -4.87. The molecule has 0 aliphatic rings. The number of carboxylic acid groups (broad SMARTS) is 1. The maximum absolute atomic E-state index is 12.8. The second-order valence-electron chi connectivity index (χ2n) is 6.37. The molecular formula is C20H15F3O5S2. The summed E-state index contributed by atoms with van der Waals surface area (Å²) in [4.78, 5) is 11.9. The molecule has 5 nitrogen and oxygen atoms in total. The molecule has 2 aromatic carbocycles. The van der Waals surface area contributed by atoms with Crippen LogP contribution in [0.4, 0.5) is 13.2 Å². The number of hydrogen-bond donors (Lipinski definition) is 1. The lowest BCUT2D eigenvalue weighted by molar-refractivity contribution is -0.274. The first-order valence-electron chi connectivity index (χ1n) is 8.47. The van der Waals surface area contributed by atoms with Crippen molar-refractivity contribution < 1.29 is 36.2 Å². The number of ether oxygens (including phenoxy) is 1. The van der Waals surface area contributed by atoms with Gasteiger partial charge in [0.2, 0.25) is 0 Å². The molecule has 1 N–H and O–H groups in total. The molecular weight excluding hydrogens is 441 g/mol. The number of benzene rings is 2. The fourth-order valence-electron chi connectivity index (χ4n) is 2.89. The first kappa shape index (κ1) is 21.8. The van der Waals surface area contributed by atoms with Gasteiger partial charge in [-0.25, -0.2) is 13.2 Å². The number of halogens is 3. The molecule has 30 heavy (non-hydrogen) atoms. The van der Waals surface area contributed by atoms with Gasteiger partial charge >= 0.3 is 12.3 Å². The Morgan fingerprint density at radius 2 is 1.80 bits per heavy atom. The zero-order valence-corrected chi connectivity index (χ0v) is 17.1. The highest BCUT2D eigenvalue weighted by molar-refractivity contribution is 7.90. The van der Waals surface area contributed by atoms with Gasteiger partial charge in [0, 0.05) is 4.88 Å². The number of aromatic carboxylic acids is 1. The Balaban J connectivity index is 2.00. The van der Waals surface area contributed by atoms with Crippen molar-refractivity contribution >= 4 is 27.1 Å². The minimum Gasteiger partial charge on any atom is -0.477 e. The van der Waals surface area contributed by atoms with Gasteiger partial charge in [-0.1, -0.05) is 30.3 Å². The number of alkyl halides is 3. The van der Waals surface area contributed by atoms with Gasteiger partial charge in [0.15, 0.2) is 9.84 Å². The molecule has 158 valence electrons. The minimum absolute atomic E-state index is 0.0629. The molecule has 0 spiro atoms. The Hall–Kier alpha value is -2.85. The average molecular weight is 456 g/mol. The summed E-state index contributed by atoms with van der Waals surface area (Å²) in [6.45, 7) is 1.64. The first-order chi connectivity index (χ1) is 14.0. The number of thiophene rings is 1. The summed E-state index contributed by atoms with van der Waals surface area (Å²) in [5, 5.41) is 9.50. The molecule has 0 aliphatic heterocycles. The van der Waals surface area contributed by atoms with Crippen LogP contribution in [0, 0.1) is 6.92 Å². The third-order valence-electron chi connectivity index (χ3n) is 4.13. The molecule has 1 aromatic heterocycles. The van der Waals surface area contributed by atoms with Crippen molar-refractivity contribution in [3.05, 3.63) is 70.6 Å². The van der Waals surface area contributed by atoms with E-state index >= 15 is 0 Å². The van der Waals surface area contributed by atoms with Crippen LogP contribution in [0.1, 0.15) is 20.8 Å². The molecule has 0 atom stereocenters. The number of hydrogen-bond acceptors (Lipinski definition) is 5. The maximum Gasteiger partial charge on any atom is 0.573 e. The maximum atomic E-state index is 12.8. The van der Waals surface area contributed by atoms with Gasteiger partial charge < -0.3 is 9.84 Å². The van der Waals surface area contributed by atoms with Crippen molar-refractivity contribution in [3.63, 3.8) is 0 Å². The van der Waals surface area contributed by atoms with Crippen molar-refractivity contribution in [2.45, 2.75) is 23.9 Å². The third kappa shape index (κ3) is 5.00. The first-order valence-corrected chi connectivity index (χ1v) is 10.9. The molecule has 10 heteroatoms. The Morgan fingerprint density at radius 1 is 1.10 bits per heavy atom. The smallest absolute Gasteiger partial charge is 0.477 e. The van der Waals surface area contributed by atoms with E-state index in [1.807, 2.05) is 0 Å². The lowest BCUT2D eigenvalue weighted by atomic mass is 10.1. The third-order valence-corrected chi connectivity index (χ3v) is 7.16. The Labute approximate surface area is 174 Å². The molecule has 0 saturated heterocycles. The molecule has 0 fully saturated rings. The van der Waals surface area contributed by atoms with E-state index in [4.69, 9.17) is 0 Å². The molecule has 0 amide bonds.